The fourth-order valence-corrected chi connectivity index (χ4v) is 1.83. The highest BCUT2D eigenvalue weighted by molar-refractivity contribution is 14.0. The summed E-state index contributed by atoms with van der Waals surface area (Å²) in [7, 11) is 3.95. The second kappa shape index (κ2) is 7.70. The minimum Gasteiger partial charge on any atom is -0.370 e. The highest BCUT2D eigenvalue weighted by atomic mass is 127. The Labute approximate surface area is 124 Å². The second-order valence-corrected chi connectivity index (χ2v) is 4.85. The SMILES string of the molecule is CC(C)NC(N)=NCc1csc(N(C)C)n1.I. The van der Waals surface area contributed by atoms with E-state index in [0.717, 1.165) is 10.8 Å². The first-order valence-electron chi connectivity index (χ1n) is 5.17. The summed E-state index contributed by atoms with van der Waals surface area (Å²) in [5.74, 6) is 0.467. The number of hydrogen-bond acceptors (Lipinski definition) is 4. The molecule has 0 unspecified atom stereocenters. The molecule has 0 radical (unpaired) electrons. The molecule has 1 aromatic rings. The topological polar surface area (TPSA) is 66.5 Å². The predicted molar refractivity (Wildman–Crippen MR) is 85.5 cm³/mol. The Morgan fingerprint density at radius 2 is 2.24 bits per heavy atom. The summed E-state index contributed by atoms with van der Waals surface area (Å²) in [6.07, 6.45) is 0. The molecule has 0 aromatic carbocycles. The average molecular weight is 369 g/mol. The van der Waals surface area contributed by atoms with E-state index in [0.29, 0.717) is 18.5 Å². The number of halogens is 1. The smallest absolute Gasteiger partial charge is 0.189 e. The lowest BCUT2D eigenvalue weighted by molar-refractivity contribution is 0.723. The normalized spacial score (nSPS) is 11.2. The maximum atomic E-state index is 5.69. The number of hydrogen-bond donors (Lipinski definition) is 2. The monoisotopic (exact) mass is 369 g/mol. The number of aromatic nitrogens is 1. The number of aliphatic imine (C=N–C) groups is 1. The van der Waals surface area contributed by atoms with Gasteiger partial charge in [0.05, 0.1) is 12.2 Å². The molecule has 0 atom stereocenters. The van der Waals surface area contributed by atoms with Crippen molar-refractivity contribution in [2.45, 2.75) is 26.4 Å². The van der Waals surface area contributed by atoms with Crippen LogP contribution in [0.4, 0.5) is 5.13 Å². The van der Waals surface area contributed by atoms with Gasteiger partial charge in [-0.05, 0) is 13.8 Å². The maximum Gasteiger partial charge on any atom is 0.189 e. The maximum absolute atomic E-state index is 5.69. The highest BCUT2D eigenvalue weighted by Gasteiger charge is 2.03. The van der Waals surface area contributed by atoms with Gasteiger partial charge >= 0.3 is 0 Å². The van der Waals surface area contributed by atoms with Crippen LogP contribution in [0.5, 0.6) is 0 Å². The molecule has 0 fully saturated rings. The molecular weight excluding hydrogens is 349 g/mol. The van der Waals surface area contributed by atoms with E-state index in [1.807, 2.05) is 38.2 Å². The van der Waals surface area contributed by atoms with Crippen molar-refractivity contribution in [2.75, 3.05) is 19.0 Å². The highest BCUT2D eigenvalue weighted by Crippen LogP contribution is 2.18. The minimum atomic E-state index is 0. The molecule has 0 saturated carbocycles. The molecule has 0 amide bonds. The number of nitrogens with zero attached hydrogens (tertiary/aromatic N) is 3. The summed E-state index contributed by atoms with van der Waals surface area (Å²) in [6, 6.07) is 0.302. The number of nitrogens with one attached hydrogen (secondary N) is 1. The zero-order valence-corrected chi connectivity index (χ0v) is 13.7. The van der Waals surface area contributed by atoms with E-state index < -0.39 is 0 Å². The molecular formula is C10H20IN5S. The summed E-state index contributed by atoms with van der Waals surface area (Å²) in [5, 5.41) is 6.02. The third-order valence-electron chi connectivity index (χ3n) is 1.77. The van der Waals surface area contributed by atoms with Gasteiger partial charge in [-0.3, -0.25) is 0 Å². The van der Waals surface area contributed by atoms with Gasteiger partial charge in [-0.15, -0.1) is 35.3 Å². The van der Waals surface area contributed by atoms with Gasteiger partial charge in [0.15, 0.2) is 11.1 Å². The Morgan fingerprint density at radius 1 is 1.59 bits per heavy atom. The molecule has 0 aliphatic carbocycles. The molecule has 0 aliphatic rings. The third kappa shape index (κ3) is 6.06. The lowest BCUT2D eigenvalue weighted by Crippen LogP contribution is -2.36. The first-order chi connectivity index (χ1) is 7.49. The second-order valence-electron chi connectivity index (χ2n) is 4.02. The predicted octanol–water partition coefficient (Wildman–Crippen LogP) is 1.64. The largest absolute Gasteiger partial charge is 0.370 e. The van der Waals surface area contributed by atoms with Crippen LogP contribution in [0.25, 0.3) is 0 Å². The van der Waals surface area contributed by atoms with Crippen LogP contribution in [-0.2, 0) is 6.54 Å². The van der Waals surface area contributed by atoms with Gasteiger partial charge in [0.25, 0.3) is 0 Å². The molecule has 1 aromatic heterocycles. The van der Waals surface area contributed by atoms with Crippen LogP contribution < -0.4 is 16.0 Å². The summed E-state index contributed by atoms with van der Waals surface area (Å²) < 4.78 is 0. The molecule has 0 spiro atoms. The van der Waals surface area contributed by atoms with Crippen molar-refractivity contribution in [3.8, 4) is 0 Å². The van der Waals surface area contributed by atoms with Crippen molar-refractivity contribution >= 4 is 46.4 Å². The summed E-state index contributed by atoms with van der Waals surface area (Å²) in [6.45, 7) is 4.57. The Balaban J connectivity index is 0.00000256. The number of anilines is 1. The molecule has 5 nitrogen and oxygen atoms in total. The van der Waals surface area contributed by atoms with Crippen LogP contribution in [0.1, 0.15) is 19.5 Å². The van der Waals surface area contributed by atoms with Crippen molar-refractivity contribution in [1.29, 1.82) is 0 Å². The Bertz CT molecular complexity index is 361. The molecule has 1 rings (SSSR count). The summed E-state index contributed by atoms with van der Waals surface area (Å²) in [5.41, 5.74) is 6.64. The number of rotatable bonds is 4. The quantitative estimate of drug-likeness (QED) is 0.481. The van der Waals surface area contributed by atoms with Gasteiger partial charge in [0.1, 0.15) is 0 Å². The van der Waals surface area contributed by atoms with Gasteiger partial charge in [-0.2, -0.15) is 0 Å². The van der Waals surface area contributed by atoms with Crippen LogP contribution in [0, 0.1) is 0 Å². The zero-order chi connectivity index (χ0) is 12.1. The van der Waals surface area contributed by atoms with Crippen molar-refractivity contribution in [1.82, 2.24) is 10.3 Å². The Morgan fingerprint density at radius 3 is 2.71 bits per heavy atom. The fourth-order valence-electron chi connectivity index (χ4n) is 1.08. The Hall–Kier alpha value is -0.570. The van der Waals surface area contributed by atoms with Gasteiger partial charge in [-0.25, -0.2) is 9.98 Å². The summed E-state index contributed by atoms with van der Waals surface area (Å²) in [4.78, 5) is 10.6. The molecule has 1 heterocycles. The number of nitrogens with two attached hydrogens (primary N) is 1. The lowest BCUT2D eigenvalue weighted by Gasteiger charge is -2.07. The fraction of sp³-hybridized carbons (Fsp3) is 0.600. The average Bonchev–Trinajstić information content (AvgIpc) is 2.61. The van der Waals surface area contributed by atoms with Crippen molar-refractivity contribution in [3.05, 3.63) is 11.1 Å². The van der Waals surface area contributed by atoms with E-state index in [1.54, 1.807) is 11.3 Å². The minimum absolute atomic E-state index is 0. The van der Waals surface area contributed by atoms with Crippen molar-refractivity contribution in [2.24, 2.45) is 10.7 Å². The van der Waals surface area contributed by atoms with E-state index in [9.17, 15) is 0 Å². The van der Waals surface area contributed by atoms with Gasteiger partial charge in [0.2, 0.25) is 0 Å². The molecule has 98 valence electrons. The first-order valence-corrected chi connectivity index (χ1v) is 6.05. The zero-order valence-electron chi connectivity index (χ0n) is 10.6. The Kier molecular flexibility index (Phi) is 7.44. The third-order valence-corrected chi connectivity index (χ3v) is 2.83. The van der Waals surface area contributed by atoms with Crippen molar-refractivity contribution in [3.63, 3.8) is 0 Å². The van der Waals surface area contributed by atoms with E-state index in [2.05, 4.69) is 15.3 Å². The molecule has 0 bridgehead atoms. The first kappa shape index (κ1) is 16.4. The molecule has 0 aliphatic heterocycles. The van der Waals surface area contributed by atoms with E-state index in [-0.39, 0.29) is 24.0 Å². The number of guanidine groups is 1. The molecule has 3 N–H and O–H groups in total. The van der Waals surface area contributed by atoms with E-state index in [1.165, 1.54) is 0 Å². The molecule has 7 heteroatoms. The standard InChI is InChI=1S/C10H19N5S.HI/c1-7(2)13-9(11)12-5-8-6-16-10(14-8)15(3)4;/h6-7H,5H2,1-4H3,(H3,11,12,13);1H. The van der Waals surface area contributed by atoms with Crippen LogP contribution in [0.15, 0.2) is 10.4 Å². The van der Waals surface area contributed by atoms with E-state index >= 15 is 0 Å². The van der Waals surface area contributed by atoms with Gasteiger partial charge < -0.3 is 16.0 Å². The number of thiazole rings is 1. The van der Waals surface area contributed by atoms with Crippen LogP contribution >= 0.6 is 35.3 Å². The van der Waals surface area contributed by atoms with Gasteiger partial charge in [0, 0.05) is 25.5 Å². The van der Waals surface area contributed by atoms with Gasteiger partial charge in [-0.1, -0.05) is 0 Å². The van der Waals surface area contributed by atoms with Crippen LogP contribution in [-0.4, -0.2) is 31.1 Å². The lowest BCUT2D eigenvalue weighted by atomic mass is 10.4. The summed E-state index contributed by atoms with van der Waals surface area (Å²) >= 11 is 1.61. The van der Waals surface area contributed by atoms with E-state index in [4.69, 9.17) is 5.73 Å². The molecule has 17 heavy (non-hydrogen) atoms. The van der Waals surface area contributed by atoms with Crippen LogP contribution in [0.2, 0.25) is 0 Å². The van der Waals surface area contributed by atoms with Crippen molar-refractivity contribution < 1.29 is 0 Å². The molecule has 0 saturated heterocycles. The van der Waals surface area contributed by atoms with Crippen LogP contribution in [0.3, 0.4) is 0 Å².